The molecule has 3 heterocycles. The van der Waals surface area contributed by atoms with Gasteiger partial charge in [0, 0.05) is 53.6 Å². The number of hydrogen-bond acceptors (Lipinski definition) is 6. The smallest absolute Gasteiger partial charge is 0.190 e. The van der Waals surface area contributed by atoms with Gasteiger partial charge >= 0.3 is 0 Å². The Morgan fingerprint density at radius 1 is 1.22 bits per heavy atom. The molecule has 1 aliphatic heterocycles. The fraction of sp³-hybridized carbons (Fsp3) is 0.280. The normalized spacial score (nSPS) is 16.2. The van der Waals surface area contributed by atoms with Crippen molar-refractivity contribution in [1.82, 2.24) is 14.9 Å². The number of rotatable bonds is 5. The molecule has 32 heavy (non-hydrogen) atoms. The average molecular weight is 431 g/mol. The number of anilines is 1. The van der Waals surface area contributed by atoms with E-state index in [-0.39, 0.29) is 5.43 Å². The highest BCUT2D eigenvalue weighted by atomic mass is 16.5. The summed E-state index contributed by atoms with van der Waals surface area (Å²) in [6, 6.07) is 14.2. The minimum absolute atomic E-state index is 0.0589. The van der Waals surface area contributed by atoms with E-state index >= 15 is 0 Å². The first-order valence-corrected chi connectivity index (χ1v) is 10.7. The number of ether oxygens (including phenoxy) is 1. The molecule has 1 unspecified atom stereocenters. The number of likely N-dealkylation sites (N-methyl/N-ethyl adjacent to an activating group) is 1. The lowest BCUT2D eigenvalue weighted by molar-refractivity contribution is 0.315. The number of aromatic amines is 1. The molecule has 0 saturated carbocycles. The van der Waals surface area contributed by atoms with E-state index in [9.17, 15) is 4.79 Å². The number of benzene rings is 2. The van der Waals surface area contributed by atoms with Gasteiger partial charge in [-0.05, 0) is 38.7 Å². The van der Waals surface area contributed by atoms with Gasteiger partial charge in [0.15, 0.2) is 17.6 Å². The molecule has 1 atom stereocenters. The Kier molecular flexibility index (Phi) is 5.19. The monoisotopic (exact) mass is 430 g/mol. The van der Waals surface area contributed by atoms with Crippen molar-refractivity contribution in [3.05, 3.63) is 65.3 Å². The number of aromatic nitrogens is 2. The van der Waals surface area contributed by atoms with Crippen LogP contribution >= 0.6 is 0 Å². The van der Waals surface area contributed by atoms with Gasteiger partial charge in [-0.2, -0.15) is 0 Å². The number of methoxy groups -OCH3 is 1. The zero-order chi connectivity index (χ0) is 22.2. The molecule has 5 rings (SSSR count). The standard InChI is InChI=1S/C25H26N4O3/c1-28(2)18-7-8-29(14-18)17-6-4-5-16(9-17)21-11-23(30)19-10-20(25-13-26-15-32-25)24(31-3)12-22(19)27-21/h4-6,9-13,15,18H,7-8,14H2,1-3H3,(H,27,30). The van der Waals surface area contributed by atoms with Crippen molar-refractivity contribution in [3.63, 3.8) is 0 Å². The van der Waals surface area contributed by atoms with Gasteiger partial charge in [-0.1, -0.05) is 12.1 Å². The Balaban J connectivity index is 1.54. The fourth-order valence-electron chi connectivity index (χ4n) is 4.41. The Morgan fingerprint density at radius 2 is 2.09 bits per heavy atom. The number of pyridine rings is 1. The minimum atomic E-state index is -0.0589. The van der Waals surface area contributed by atoms with Crippen molar-refractivity contribution in [2.75, 3.05) is 39.2 Å². The highest BCUT2D eigenvalue weighted by Gasteiger charge is 2.24. The number of fused-ring (bicyclic) bond motifs is 1. The molecule has 2 aromatic heterocycles. The summed E-state index contributed by atoms with van der Waals surface area (Å²) in [6.07, 6.45) is 4.12. The molecule has 0 radical (unpaired) electrons. The van der Waals surface area contributed by atoms with Gasteiger partial charge in [0.05, 0.1) is 24.4 Å². The van der Waals surface area contributed by atoms with Gasteiger partial charge in [-0.15, -0.1) is 0 Å². The molecule has 1 N–H and O–H groups in total. The number of hydrogen-bond donors (Lipinski definition) is 1. The van der Waals surface area contributed by atoms with Gasteiger partial charge in [0.25, 0.3) is 0 Å². The first-order chi connectivity index (χ1) is 15.5. The average Bonchev–Trinajstić information content (AvgIpc) is 3.51. The predicted molar refractivity (Wildman–Crippen MR) is 126 cm³/mol. The van der Waals surface area contributed by atoms with Crippen LogP contribution in [0.3, 0.4) is 0 Å². The van der Waals surface area contributed by atoms with Crippen molar-refractivity contribution >= 4 is 16.6 Å². The SMILES string of the molecule is COc1cc2[nH]c(-c3cccc(N4CCC(N(C)C)C4)c3)cc(=O)c2cc1-c1cnco1. The molecule has 1 fully saturated rings. The lowest BCUT2D eigenvalue weighted by Crippen LogP contribution is -2.31. The van der Waals surface area contributed by atoms with E-state index in [1.54, 1.807) is 25.4 Å². The molecule has 7 heteroatoms. The maximum Gasteiger partial charge on any atom is 0.190 e. The van der Waals surface area contributed by atoms with E-state index < -0.39 is 0 Å². The number of nitrogens with one attached hydrogen (secondary N) is 1. The van der Waals surface area contributed by atoms with Crippen molar-refractivity contribution in [1.29, 1.82) is 0 Å². The third-order valence-corrected chi connectivity index (χ3v) is 6.26. The Hall–Kier alpha value is -3.58. The van der Waals surface area contributed by atoms with Crippen LogP contribution in [0.5, 0.6) is 5.75 Å². The molecule has 0 amide bonds. The zero-order valence-corrected chi connectivity index (χ0v) is 18.5. The second-order valence-corrected chi connectivity index (χ2v) is 8.41. The van der Waals surface area contributed by atoms with Crippen molar-refractivity contribution < 1.29 is 9.15 Å². The molecule has 0 spiro atoms. The van der Waals surface area contributed by atoms with Crippen LogP contribution in [0, 0.1) is 0 Å². The van der Waals surface area contributed by atoms with E-state index in [1.165, 1.54) is 12.1 Å². The van der Waals surface area contributed by atoms with E-state index in [1.807, 2.05) is 18.2 Å². The summed E-state index contributed by atoms with van der Waals surface area (Å²) < 4.78 is 11.0. The molecule has 1 aliphatic rings. The number of oxazole rings is 1. The molecular formula is C25H26N4O3. The van der Waals surface area contributed by atoms with Crippen LogP contribution in [0.1, 0.15) is 6.42 Å². The second-order valence-electron chi connectivity index (χ2n) is 8.41. The summed E-state index contributed by atoms with van der Waals surface area (Å²) in [5.74, 6) is 1.17. The lowest BCUT2D eigenvalue weighted by atomic mass is 10.0. The maximum absolute atomic E-state index is 13.0. The van der Waals surface area contributed by atoms with Gasteiger partial charge in [-0.25, -0.2) is 4.98 Å². The number of H-pyrrole nitrogens is 1. The largest absolute Gasteiger partial charge is 0.496 e. The van der Waals surface area contributed by atoms with Crippen LogP contribution in [0.2, 0.25) is 0 Å². The van der Waals surface area contributed by atoms with Crippen LogP contribution < -0.4 is 15.1 Å². The molecular weight excluding hydrogens is 404 g/mol. The first-order valence-electron chi connectivity index (χ1n) is 10.7. The van der Waals surface area contributed by atoms with E-state index in [0.29, 0.717) is 34.0 Å². The topological polar surface area (TPSA) is 74.6 Å². The van der Waals surface area contributed by atoms with Crippen molar-refractivity contribution in [3.8, 4) is 28.3 Å². The maximum atomic E-state index is 13.0. The van der Waals surface area contributed by atoms with Crippen molar-refractivity contribution in [2.45, 2.75) is 12.5 Å². The highest BCUT2D eigenvalue weighted by molar-refractivity contribution is 5.88. The summed E-state index contributed by atoms with van der Waals surface area (Å²) in [5, 5.41) is 0.575. The van der Waals surface area contributed by atoms with E-state index in [4.69, 9.17) is 9.15 Å². The fourth-order valence-corrected chi connectivity index (χ4v) is 4.41. The summed E-state index contributed by atoms with van der Waals surface area (Å²) in [4.78, 5) is 25.1. The lowest BCUT2D eigenvalue weighted by Gasteiger charge is -2.22. The summed E-state index contributed by atoms with van der Waals surface area (Å²) in [7, 11) is 5.86. The molecule has 2 aromatic carbocycles. The molecule has 4 aromatic rings. The van der Waals surface area contributed by atoms with Crippen molar-refractivity contribution in [2.24, 2.45) is 0 Å². The third-order valence-electron chi connectivity index (χ3n) is 6.26. The van der Waals surface area contributed by atoms with E-state index in [0.717, 1.165) is 30.8 Å². The Labute approximate surface area is 186 Å². The second kappa shape index (κ2) is 8.16. The molecule has 0 aliphatic carbocycles. The highest BCUT2D eigenvalue weighted by Crippen LogP contribution is 2.34. The quantitative estimate of drug-likeness (QED) is 0.516. The Bertz CT molecular complexity index is 1310. The molecule has 164 valence electrons. The van der Waals surface area contributed by atoms with Crippen LogP contribution in [0.4, 0.5) is 5.69 Å². The van der Waals surface area contributed by atoms with Crippen LogP contribution in [-0.2, 0) is 0 Å². The minimum Gasteiger partial charge on any atom is -0.496 e. The van der Waals surface area contributed by atoms with Gasteiger partial charge in [0.2, 0.25) is 0 Å². The summed E-state index contributed by atoms with van der Waals surface area (Å²) in [5.41, 5.74) is 4.28. The summed E-state index contributed by atoms with van der Waals surface area (Å²) in [6.45, 7) is 2.04. The summed E-state index contributed by atoms with van der Waals surface area (Å²) >= 11 is 0. The molecule has 1 saturated heterocycles. The van der Waals surface area contributed by atoms with Crippen LogP contribution in [-0.4, -0.2) is 55.2 Å². The molecule has 7 nitrogen and oxygen atoms in total. The zero-order valence-electron chi connectivity index (χ0n) is 18.5. The van der Waals surface area contributed by atoms with Gasteiger partial charge in [-0.3, -0.25) is 4.79 Å². The van der Waals surface area contributed by atoms with Crippen LogP contribution in [0.25, 0.3) is 33.5 Å². The van der Waals surface area contributed by atoms with Gasteiger partial charge < -0.3 is 23.9 Å². The predicted octanol–water partition coefficient (Wildman–Crippen LogP) is 4.00. The van der Waals surface area contributed by atoms with Gasteiger partial charge in [0.1, 0.15) is 5.75 Å². The first kappa shape index (κ1) is 20.3. The van der Waals surface area contributed by atoms with Crippen LogP contribution in [0.15, 0.2) is 64.3 Å². The Morgan fingerprint density at radius 3 is 2.81 bits per heavy atom. The molecule has 0 bridgehead atoms. The number of nitrogens with zero attached hydrogens (tertiary/aromatic N) is 3. The third kappa shape index (κ3) is 3.65. The van der Waals surface area contributed by atoms with E-state index in [2.05, 4.69) is 46.0 Å².